The van der Waals surface area contributed by atoms with Crippen LogP contribution in [-0.4, -0.2) is 13.9 Å². The zero-order valence-corrected chi connectivity index (χ0v) is 13.1. The van der Waals surface area contributed by atoms with Crippen LogP contribution in [0.2, 0.25) is 0 Å². The van der Waals surface area contributed by atoms with E-state index in [2.05, 4.69) is 10.3 Å². The highest BCUT2D eigenvalue weighted by molar-refractivity contribution is 7.88. The van der Waals surface area contributed by atoms with Gasteiger partial charge in [0.1, 0.15) is 5.75 Å². The van der Waals surface area contributed by atoms with E-state index >= 15 is 0 Å². The van der Waals surface area contributed by atoms with Crippen molar-refractivity contribution in [2.24, 2.45) is 0 Å². The highest BCUT2D eigenvalue weighted by Crippen LogP contribution is 2.54. The summed E-state index contributed by atoms with van der Waals surface area (Å²) in [5, 5.41) is 9.31. The summed E-state index contributed by atoms with van der Waals surface area (Å²) in [6.07, 6.45) is 3.27. The Morgan fingerprint density at radius 2 is 1.70 bits per heavy atom. The van der Waals surface area contributed by atoms with Crippen molar-refractivity contribution >= 4 is 10.1 Å². The van der Waals surface area contributed by atoms with Gasteiger partial charge in [-0.15, -0.1) is 0 Å². The molecule has 0 saturated heterocycles. The topological polar surface area (TPSA) is 67.2 Å². The van der Waals surface area contributed by atoms with Crippen LogP contribution in [-0.2, 0) is 10.1 Å². The maximum Gasteiger partial charge on any atom is 0.534 e. The molecule has 1 saturated carbocycles. The lowest BCUT2D eigenvalue weighted by molar-refractivity contribution is -0.0500. The molecule has 3 aliphatic rings. The predicted molar refractivity (Wildman–Crippen MR) is 75.4 cm³/mol. The van der Waals surface area contributed by atoms with Crippen molar-refractivity contribution in [2.45, 2.75) is 50.0 Å². The van der Waals surface area contributed by atoms with Crippen LogP contribution >= 0.6 is 0 Å². The van der Waals surface area contributed by atoms with Crippen LogP contribution in [0.5, 0.6) is 5.75 Å². The molecule has 0 radical (unpaired) electrons. The molecule has 0 aromatic heterocycles. The Morgan fingerprint density at radius 3 is 2.17 bits per heavy atom. The minimum atomic E-state index is -5.73. The molecule has 0 amide bonds. The van der Waals surface area contributed by atoms with E-state index in [0.717, 1.165) is 25.7 Å². The van der Waals surface area contributed by atoms with Crippen molar-refractivity contribution in [3.63, 3.8) is 0 Å². The monoisotopic (exact) mass is 345 g/mol. The number of nitrogens with zero attached hydrogens (tertiary/aromatic N) is 1. The lowest BCUT2D eigenvalue weighted by Gasteiger charge is -2.40. The Kier molecular flexibility index (Phi) is 3.59. The quantitative estimate of drug-likeness (QED) is 0.603. The second-order valence-corrected chi connectivity index (χ2v) is 7.58. The number of alkyl halides is 3. The molecule has 23 heavy (non-hydrogen) atoms. The molecule has 1 aromatic rings. The van der Waals surface area contributed by atoms with Crippen molar-refractivity contribution in [2.75, 3.05) is 0 Å². The molecule has 0 spiro atoms. The van der Waals surface area contributed by atoms with E-state index in [0.29, 0.717) is 16.7 Å². The zero-order valence-electron chi connectivity index (χ0n) is 12.3. The Labute approximate surface area is 132 Å². The smallest absolute Gasteiger partial charge is 0.375 e. The van der Waals surface area contributed by atoms with Gasteiger partial charge in [-0.05, 0) is 61.6 Å². The molecular formula is C15H14F3NO3S. The molecule has 0 N–H and O–H groups in total. The van der Waals surface area contributed by atoms with Crippen molar-refractivity contribution in [1.82, 2.24) is 0 Å². The van der Waals surface area contributed by atoms with Crippen LogP contribution in [0.15, 0.2) is 6.07 Å². The molecule has 8 heteroatoms. The average Bonchev–Trinajstić information content (AvgIpc) is 2.49. The Morgan fingerprint density at radius 1 is 1.17 bits per heavy atom. The number of fused-ring (bicyclic) bond motifs is 2. The molecule has 0 unspecified atom stereocenters. The number of aryl methyl sites for hydroxylation is 1. The molecule has 0 heterocycles. The summed E-state index contributed by atoms with van der Waals surface area (Å²) in [4.78, 5) is 0. The van der Waals surface area contributed by atoms with Gasteiger partial charge in [0.15, 0.2) is 0 Å². The SMILES string of the molecule is Cc1cc(C#N)c2c(c1OS(=O)(=O)C(F)(F)F)C1CCC2CC1. The highest BCUT2D eigenvalue weighted by Gasteiger charge is 2.50. The zero-order chi connectivity index (χ0) is 17.0. The number of rotatable bonds is 2. The van der Waals surface area contributed by atoms with E-state index in [1.165, 1.54) is 13.0 Å². The molecule has 4 rings (SSSR count). The van der Waals surface area contributed by atoms with Gasteiger partial charge in [0.25, 0.3) is 0 Å². The first-order valence-electron chi connectivity index (χ1n) is 7.24. The Balaban J connectivity index is 2.20. The number of halogens is 3. The van der Waals surface area contributed by atoms with Crippen molar-refractivity contribution in [3.05, 3.63) is 28.3 Å². The van der Waals surface area contributed by atoms with Crippen molar-refractivity contribution < 1.29 is 25.8 Å². The summed E-state index contributed by atoms with van der Waals surface area (Å²) < 4.78 is 65.3. The van der Waals surface area contributed by atoms with Crippen LogP contribution in [0.3, 0.4) is 0 Å². The maximum absolute atomic E-state index is 12.7. The molecule has 3 aliphatic carbocycles. The third-order valence-corrected chi connectivity index (χ3v) is 5.64. The molecule has 4 nitrogen and oxygen atoms in total. The molecule has 124 valence electrons. The molecule has 0 atom stereocenters. The summed E-state index contributed by atoms with van der Waals surface area (Å²) >= 11 is 0. The Bertz CT molecular complexity index is 801. The second-order valence-electron chi connectivity index (χ2n) is 6.04. The number of benzene rings is 1. The fourth-order valence-corrected chi connectivity index (χ4v) is 4.25. The van der Waals surface area contributed by atoms with Gasteiger partial charge in [0.2, 0.25) is 0 Å². The lowest BCUT2D eigenvalue weighted by atomic mass is 9.65. The van der Waals surface area contributed by atoms with Crippen LogP contribution in [0.4, 0.5) is 13.2 Å². The van der Waals surface area contributed by atoms with Crippen LogP contribution in [0.1, 0.15) is 59.8 Å². The van der Waals surface area contributed by atoms with E-state index < -0.39 is 15.6 Å². The second kappa shape index (κ2) is 5.13. The largest absolute Gasteiger partial charge is 0.534 e. The van der Waals surface area contributed by atoms with Crippen molar-refractivity contribution in [3.8, 4) is 11.8 Å². The molecule has 0 aliphatic heterocycles. The van der Waals surface area contributed by atoms with Gasteiger partial charge in [-0.3, -0.25) is 0 Å². The van der Waals surface area contributed by atoms with Gasteiger partial charge in [-0.25, -0.2) is 0 Å². The minimum Gasteiger partial charge on any atom is -0.375 e. The summed E-state index contributed by atoms with van der Waals surface area (Å²) in [5.74, 6) is -0.215. The van der Waals surface area contributed by atoms with Gasteiger partial charge in [-0.2, -0.15) is 26.9 Å². The van der Waals surface area contributed by atoms with Gasteiger partial charge in [0, 0.05) is 5.56 Å². The first-order valence-corrected chi connectivity index (χ1v) is 8.64. The van der Waals surface area contributed by atoms with Crippen molar-refractivity contribution in [1.29, 1.82) is 5.26 Å². The first-order chi connectivity index (χ1) is 10.7. The summed E-state index contributed by atoms with van der Waals surface area (Å²) in [6.45, 7) is 1.46. The number of hydrogen-bond donors (Lipinski definition) is 0. The fourth-order valence-electron chi connectivity index (χ4n) is 3.72. The lowest BCUT2D eigenvalue weighted by Crippen LogP contribution is -2.30. The van der Waals surface area contributed by atoms with Gasteiger partial charge >= 0.3 is 15.6 Å². The van der Waals surface area contributed by atoms with Gasteiger partial charge in [0.05, 0.1) is 11.6 Å². The first kappa shape index (κ1) is 16.1. The molecule has 1 aromatic carbocycles. The van der Waals surface area contributed by atoms with E-state index in [1.54, 1.807) is 0 Å². The molecule has 1 fully saturated rings. The van der Waals surface area contributed by atoms with E-state index in [1.807, 2.05) is 0 Å². The molecular weight excluding hydrogens is 331 g/mol. The number of hydrogen-bond acceptors (Lipinski definition) is 4. The summed E-state index contributed by atoms with van der Waals surface area (Å²) in [6, 6.07) is 3.49. The fraction of sp³-hybridized carbons (Fsp3) is 0.533. The van der Waals surface area contributed by atoms with Crippen LogP contribution in [0.25, 0.3) is 0 Å². The van der Waals surface area contributed by atoms with Gasteiger partial charge in [-0.1, -0.05) is 0 Å². The van der Waals surface area contributed by atoms with E-state index in [-0.39, 0.29) is 23.1 Å². The average molecular weight is 345 g/mol. The third kappa shape index (κ3) is 2.47. The van der Waals surface area contributed by atoms with E-state index in [9.17, 15) is 26.9 Å². The summed E-state index contributed by atoms with van der Waals surface area (Å²) in [5.41, 5.74) is -3.68. The third-order valence-electron chi connectivity index (χ3n) is 4.68. The van der Waals surface area contributed by atoms with E-state index in [4.69, 9.17) is 0 Å². The predicted octanol–water partition coefficient (Wildman–Crippen LogP) is 3.85. The van der Waals surface area contributed by atoms with Crippen LogP contribution in [0, 0.1) is 18.3 Å². The molecule has 2 bridgehead atoms. The summed E-state index contributed by atoms with van der Waals surface area (Å²) in [7, 11) is -5.73. The maximum atomic E-state index is 12.7. The van der Waals surface area contributed by atoms with Crippen LogP contribution < -0.4 is 4.18 Å². The Hall–Kier alpha value is -1.75. The van der Waals surface area contributed by atoms with Gasteiger partial charge < -0.3 is 4.18 Å². The standard InChI is InChI=1S/C15H14F3NO3S/c1-8-6-11(7-19)12-9-2-4-10(5-3-9)13(12)14(8)22-23(20,21)15(16,17)18/h6,9-10H,2-5H2,1H3. The number of nitriles is 1. The highest BCUT2D eigenvalue weighted by atomic mass is 32.2. The normalized spacial score (nSPS) is 23.3. The minimum absolute atomic E-state index is 0.0552.